The Morgan fingerprint density at radius 3 is 2.27 bits per heavy atom. The molecule has 3 rings (SSSR count). The summed E-state index contributed by atoms with van der Waals surface area (Å²) in [6.07, 6.45) is 3.84. The topological polar surface area (TPSA) is 49.9 Å². The Balaban J connectivity index is 1.47. The van der Waals surface area contributed by atoms with Gasteiger partial charge in [-0.05, 0) is 37.5 Å². The quantitative estimate of drug-likeness (QED) is 0.475. The number of amides is 2. The molecule has 5 heteroatoms. The molecule has 1 aromatic carbocycles. The van der Waals surface area contributed by atoms with Gasteiger partial charge in [0.25, 0.3) is 11.8 Å². The molecule has 0 saturated heterocycles. The number of nitrogens with zero attached hydrogens (tertiary/aromatic N) is 2. The predicted octanol–water partition coefficient (Wildman–Crippen LogP) is 2.26. The van der Waals surface area contributed by atoms with Gasteiger partial charge >= 0.3 is 0 Å². The maximum Gasteiger partial charge on any atom is 0.261 e. The van der Waals surface area contributed by atoms with E-state index in [2.05, 4.69) is 13.0 Å². The summed E-state index contributed by atoms with van der Waals surface area (Å²) in [5, 5.41) is 1.93. The summed E-state index contributed by atoms with van der Waals surface area (Å²) >= 11 is 0. The van der Waals surface area contributed by atoms with Gasteiger partial charge in [0.1, 0.15) is 0 Å². The average Bonchev–Trinajstić information content (AvgIpc) is 2.78. The van der Waals surface area contributed by atoms with Crippen LogP contribution in [0.2, 0.25) is 0 Å². The van der Waals surface area contributed by atoms with Crippen molar-refractivity contribution in [3.05, 3.63) is 47.0 Å². The van der Waals surface area contributed by atoms with E-state index in [1.54, 1.807) is 24.3 Å². The first-order valence-corrected chi connectivity index (χ1v) is 7.65. The molecule has 2 aliphatic heterocycles. The Morgan fingerprint density at radius 2 is 1.68 bits per heavy atom. The molecule has 116 valence electrons. The van der Waals surface area contributed by atoms with Crippen molar-refractivity contribution >= 4 is 11.8 Å². The van der Waals surface area contributed by atoms with Crippen LogP contribution >= 0.6 is 0 Å². The van der Waals surface area contributed by atoms with Crippen LogP contribution in [-0.4, -0.2) is 48.0 Å². The molecule has 0 radical (unpaired) electrons. The van der Waals surface area contributed by atoms with Gasteiger partial charge in [0, 0.05) is 19.6 Å². The standard InChI is InChI=1S/C17H20N2O3/c1-13-8-11-18(22-12-13)9-4-5-10-19-16(20)14-6-2-3-7-15(14)17(19)21/h2-3,6-8H,4-5,9-12H2,1H3. The summed E-state index contributed by atoms with van der Waals surface area (Å²) in [6, 6.07) is 7.00. The molecule has 0 saturated carbocycles. The van der Waals surface area contributed by atoms with Crippen LogP contribution in [-0.2, 0) is 4.84 Å². The minimum Gasteiger partial charge on any atom is -0.294 e. The second-order valence-electron chi connectivity index (χ2n) is 5.73. The van der Waals surface area contributed by atoms with Crippen LogP contribution in [0.1, 0.15) is 40.5 Å². The van der Waals surface area contributed by atoms with E-state index in [-0.39, 0.29) is 11.8 Å². The number of carbonyl (C=O) groups is 2. The zero-order valence-corrected chi connectivity index (χ0v) is 12.7. The number of unbranched alkanes of at least 4 members (excludes halogenated alkanes) is 1. The van der Waals surface area contributed by atoms with E-state index >= 15 is 0 Å². The van der Waals surface area contributed by atoms with E-state index in [4.69, 9.17) is 4.84 Å². The molecule has 0 fully saturated rings. The Hall–Kier alpha value is -1.98. The normalized spacial score (nSPS) is 18.6. The molecule has 0 atom stereocenters. The molecule has 0 spiro atoms. The van der Waals surface area contributed by atoms with E-state index in [1.165, 1.54) is 10.5 Å². The summed E-state index contributed by atoms with van der Waals surface area (Å²) in [4.78, 5) is 31.3. The first-order chi connectivity index (χ1) is 10.7. The van der Waals surface area contributed by atoms with Gasteiger partial charge < -0.3 is 0 Å². The molecule has 2 amide bonds. The fraction of sp³-hybridized carbons (Fsp3) is 0.412. The van der Waals surface area contributed by atoms with Crippen LogP contribution in [0.4, 0.5) is 0 Å². The highest BCUT2D eigenvalue weighted by Gasteiger charge is 2.34. The number of hydroxylamine groups is 2. The third kappa shape index (κ3) is 2.96. The van der Waals surface area contributed by atoms with Crippen molar-refractivity contribution in [2.24, 2.45) is 0 Å². The highest BCUT2D eigenvalue weighted by molar-refractivity contribution is 6.21. The zero-order chi connectivity index (χ0) is 15.5. The first kappa shape index (κ1) is 14.9. The van der Waals surface area contributed by atoms with Crippen LogP contribution < -0.4 is 0 Å². The lowest BCUT2D eigenvalue weighted by atomic mass is 10.1. The highest BCUT2D eigenvalue weighted by Crippen LogP contribution is 2.22. The maximum atomic E-state index is 12.2. The molecule has 0 bridgehead atoms. The first-order valence-electron chi connectivity index (χ1n) is 7.65. The number of rotatable bonds is 5. The van der Waals surface area contributed by atoms with E-state index in [0.717, 1.165) is 25.9 Å². The van der Waals surface area contributed by atoms with Crippen LogP contribution in [0.5, 0.6) is 0 Å². The third-order valence-corrected chi connectivity index (χ3v) is 4.04. The monoisotopic (exact) mass is 300 g/mol. The molecule has 22 heavy (non-hydrogen) atoms. The van der Waals surface area contributed by atoms with E-state index in [0.29, 0.717) is 24.3 Å². The van der Waals surface area contributed by atoms with Gasteiger partial charge in [-0.3, -0.25) is 19.3 Å². The summed E-state index contributed by atoms with van der Waals surface area (Å²) < 4.78 is 0. The third-order valence-electron chi connectivity index (χ3n) is 4.04. The molecule has 5 nitrogen and oxygen atoms in total. The Kier molecular flexibility index (Phi) is 4.36. The molecule has 2 aliphatic rings. The van der Waals surface area contributed by atoms with Gasteiger partial charge in [0.15, 0.2) is 0 Å². The Bertz CT molecular complexity index is 589. The van der Waals surface area contributed by atoms with Crippen LogP contribution in [0, 0.1) is 0 Å². The van der Waals surface area contributed by atoms with Crippen molar-refractivity contribution < 1.29 is 14.4 Å². The van der Waals surface area contributed by atoms with Gasteiger partial charge in [-0.15, -0.1) is 0 Å². The molecule has 0 unspecified atom stereocenters. The van der Waals surface area contributed by atoms with Crippen molar-refractivity contribution in [2.45, 2.75) is 19.8 Å². The van der Waals surface area contributed by atoms with Crippen LogP contribution in [0.25, 0.3) is 0 Å². The van der Waals surface area contributed by atoms with Crippen LogP contribution in [0.15, 0.2) is 35.9 Å². The highest BCUT2D eigenvalue weighted by atomic mass is 16.7. The lowest BCUT2D eigenvalue weighted by Gasteiger charge is -2.25. The summed E-state index contributed by atoms with van der Waals surface area (Å²) in [5.74, 6) is -0.346. The lowest BCUT2D eigenvalue weighted by Crippen LogP contribution is -2.32. The summed E-state index contributed by atoms with van der Waals surface area (Å²) in [6.45, 7) is 4.79. The van der Waals surface area contributed by atoms with E-state index in [1.807, 2.05) is 5.06 Å². The molecule has 0 N–H and O–H groups in total. The molecule has 2 heterocycles. The number of fused-ring (bicyclic) bond motifs is 1. The van der Waals surface area contributed by atoms with Crippen molar-refractivity contribution in [2.75, 3.05) is 26.2 Å². The van der Waals surface area contributed by atoms with Crippen molar-refractivity contribution in [3.8, 4) is 0 Å². The second-order valence-corrected chi connectivity index (χ2v) is 5.73. The number of hydrogen-bond donors (Lipinski definition) is 0. The predicted molar refractivity (Wildman–Crippen MR) is 82.3 cm³/mol. The minimum atomic E-state index is -0.173. The van der Waals surface area contributed by atoms with Gasteiger partial charge in [0.2, 0.25) is 0 Å². The zero-order valence-electron chi connectivity index (χ0n) is 12.7. The van der Waals surface area contributed by atoms with Crippen molar-refractivity contribution in [3.63, 3.8) is 0 Å². The molecule has 0 aliphatic carbocycles. The molecular formula is C17H20N2O3. The number of benzene rings is 1. The van der Waals surface area contributed by atoms with Gasteiger partial charge in [-0.25, -0.2) is 0 Å². The fourth-order valence-corrected chi connectivity index (χ4v) is 2.72. The van der Waals surface area contributed by atoms with Crippen molar-refractivity contribution in [1.82, 2.24) is 9.96 Å². The largest absolute Gasteiger partial charge is 0.294 e. The van der Waals surface area contributed by atoms with E-state index < -0.39 is 0 Å². The number of imide groups is 1. The van der Waals surface area contributed by atoms with Gasteiger partial charge in [-0.1, -0.05) is 18.2 Å². The average molecular weight is 300 g/mol. The number of carbonyl (C=O) groups excluding carboxylic acids is 2. The fourth-order valence-electron chi connectivity index (χ4n) is 2.72. The second kappa shape index (κ2) is 6.42. The van der Waals surface area contributed by atoms with E-state index in [9.17, 15) is 9.59 Å². The lowest BCUT2D eigenvalue weighted by molar-refractivity contribution is -0.150. The Labute approximate surface area is 130 Å². The molecule has 0 aromatic heterocycles. The van der Waals surface area contributed by atoms with Crippen LogP contribution in [0.3, 0.4) is 0 Å². The van der Waals surface area contributed by atoms with Crippen molar-refractivity contribution in [1.29, 1.82) is 0 Å². The smallest absolute Gasteiger partial charge is 0.261 e. The summed E-state index contributed by atoms with van der Waals surface area (Å²) in [7, 11) is 0. The maximum absolute atomic E-state index is 12.2. The minimum absolute atomic E-state index is 0.173. The molecular weight excluding hydrogens is 280 g/mol. The molecule has 1 aromatic rings. The summed E-state index contributed by atoms with van der Waals surface area (Å²) in [5.41, 5.74) is 2.29. The number of hydrogen-bond acceptors (Lipinski definition) is 4. The van der Waals surface area contributed by atoms with Gasteiger partial charge in [0.05, 0.1) is 17.7 Å². The SMILES string of the molecule is CC1=CCN(CCCCN2C(=O)c3ccccc3C2=O)OC1. The Morgan fingerprint density at radius 1 is 1.05 bits per heavy atom. The van der Waals surface area contributed by atoms with Gasteiger partial charge in [-0.2, -0.15) is 5.06 Å².